The van der Waals surface area contributed by atoms with E-state index in [1.807, 2.05) is 20.8 Å². The summed E-state index contributed by atoms with van der Waals surface area (Å²) < 4.78 is 6.79. The SMILES string of the molecule is C=C(C)C(O)Oc1cc[n+](C(=O)C(C)(C)CC)cc1. The van der Waals surface area contributed by atoms with Crippen LogP contribution < -0.4 is 9.30 Å². The number of aliphatic hydroxyl groups excluding tert-OH is 1. The molecule has 104 valence electrons. The van der Waals surface area contributed by atoms with Crippen molar-refractivity contribution in [3.8, 4) is 5.75 Å². The van der Waals surface area contributed by atoms with Gasteiger partial charge in [-0.25, -0.2) is 4.79 Å². The lowest BCUT2D eigenvalue weighted by atomic mass is 9.89. The Morgan fingerprint density at radius 2 is 2.00 bits per heavy atom. The number of carbonyl (C=O) groups is 1. The van der Waals surface area contributed by atoms with Crippen LogP contribution in [0.3, 0.4) is 0 Å². The molecule has 0 saturated heterocycles. The quantitative estimate of drug-likeness (QED) is 0.504. The Balaban J connectivity index is 2.82. The second kappa shape index (κ2) is 5.97. The predicted molar refractivity (Wildman–Crippen MR) is 72.8 cm³/mol. The molecule has 4 nitrogen and oxygen atoms in total. The second-order valence-corrected chi connectivity index (χ2v) is 5.30. The zero-order valence-electron chi connectivity index (χ0n) is 12.0. The smallest absolute Gasteiger partial charge is 0.397 e. The average Bonchev–Trinajstić information content (AvgIpc) is 2.38. The highest BCUT2D eigenvalue weighted by Gasteiger charge is 2.33. The van der Waals surface area contributed by atoms with Gasteiger partial charge in [-0.05, 0) is 32.8 Å². The molecule has 0 aliphatic carbocycles. The van der Waals surface area contributed by atoms with Gasteiger partial charge in [-0.15, -0.1) is 4.57 Å². The monoisotopic (exact) mass is 264 g/mol. The Bertz CT molecular complexity index is 463. The van der Waals surface area contributed by atoms with Gasteiger partial charge in [0.25, 0.3) is 0 Å². The molecule has 1 atom stereocenters. The van der Waals surface area contributed by atoms with Gasteiger partial charge >= 0.3 is 5.91 Å². The Morgan fingerprint density at radius 1 is 1.47 bits per heavy atom. The second-order valence-electron chi connectivity index (χ2n) is 5.30. The first kappa shape index (κ1) is 15.4. The summed E-state index contributed by atoms with van der Waals surface area (Å²) in [6, 6.07) is 3.30. The molecule has 0 bridgehead atoms. The summed E-state index contributed by atoms with van der Waals surface area (Å²) in [5.41, 5.74) is 0.129. The van der Waals surface area contributed by atoms with E-state index in [4.69, 9.17) is 4.74 Å². The van der Waals surface area contributed by atoms with Crippen molar-refractivity contribution < 1.29 is 19.2 Å². The highest BCUT2D eigenvalue weighted by atomic mass is 16.6. The minimum Gasteiger partial charge on any atom is -0.461 e. The van der Waals surface area contributed by atoms with Gasteiger partial charge in [0.2, 0.25) is 6.29 Å². The van der Waals surface area contributed by atoms with Crippen LogP contribution in [0.1, 0.15) is 38.9 Å². The van der Waals surface area contributed by atoms with Gasteiger partial charge in [0.15, 0.2) is 12.4 Å². The van der Waals surface area contributed by atoms with Crippen LogP contribution in [-0.4, -0.2) is 17.3 Å². The van der Waals surface area contributed by atoms with E-state index in [1.165, 1.54) is 4.57 Å². The largest absolute Gasteiger partial charge is 0.461 e. The lowest BCUT2D eigenvalue weighted by Gasteiger charge is -2.15. The molecule has 0 aliphatic rings. The van der Waals surface area contributed by atoms with Crippen LogP contribution in [0.5, 0.6) is 5.75 Å². The highest BCUT2D eigenvalue weighted by Crippen LogP contribution is 2.20. The molecule has 1 heterocycles. The number of aromatic nitrogens is 1. The normalized spacial score (nSPS) is 12.9. The summed E-state index contributed by atoms with van der Waals surface area (Å²) in [4.78, 5) is 12.2. The van der Waals surface area contributed by atoms with E-state index in [-0.39, 0.29) is 5.91 Å². The molecule has 1 unspecified atom stereocenters. The van der Waals surface area contributed by atoms with E-state index < -0.39 is 11.7 Å². The molecule has 1 aromatic heterocycles. The van der Waals surface area contributed by atoms with Crippen molar-refractivity contribution in [2.75, 3.05) is 0 Å². The molecule has 1 aromatic rings. The fraction of sp³-hybridized carbons (Fsp3) is 0.467. The van der Waals surface area contributed by atoms with Crippen molar-refractivity contribution in [3.63, 3.8) is 0 Å². The molecule has 1 N–H and O–H groups in total. The highest BCUT2D eigenvalue weighted by molar-refractivity contribution is 5.73. The molecule has 0 radical (unpaired) electrons. The molecule has 0 amide bonds. The van der Waals surface area contributed by atoms with E-state index in [0.717, 1.165) is 6.42 Å². The van der Waals surface area contributed by atoms with Crippen LogP contribution >= 0.6 is 0 Å². The third-order valence-electron chi connectivity index (χ3n) is 3.17. The molecule has 4 heteroatoms. The fourth-order valence-corrected chi connectivity index (χ4v) is 1.36. The van der Waals surface area contributed by atoms with Crippen molar-refractivity contribution >= 4 is 5.91 Å². The van der Waals surface area contributed by atoms with Gasteiger partial charge in [-0.1, -0.05) is 13.5 Å². The maximum atomic E-state index is 12.2. The first-order valence-electron chi connectivity index (χ1n) is 6.34. The summed E-state index contributed by atoms with van der Waals surface area (Å²) in [6.45, 7) is 11.1. The molecule has 0 saturated carbocycles. The maximum absolute atomic E-state index is 12.2. The summed E-state index contributed by atoms with van der Waals surface area (Å²) >= 11 is 0. The van der Waals surface area contributed by atoms with Crippen LogP contribution in [0, 0.1) is 5.41 Å². The molecule has 19 heavy (non-hydrogen) atoms. The van der Waals surface area contributed by atoms with Crippen LogP contribution in [0.25, 0.3) is 0 Å². The van der Waals surface area contributed by atoms with Crippen LogP contribution in [0.2, 0.25) is 0 Å². The number of pyridine rings is 1. The third kappa shape index (κ3) is 3.89. The minimum atomic E-state index is -1.03. The Kier molecular flexibility index (Phi) is 4.84. The number of ether oxygens (including phenoxy) is 1. The summed E-state index contributed by atoms with van der Waals surface area (Å²) in [7, 11) is 0. The number of hydrogen-bond donors (Lipinski definition) is 1. The lowest BCUT2D eigenvalue weighted by Crippen LogP contribution is -2.49. The van der Waals surface area contributed by atoms with Gasteiger partial charge < -0.3 is 9.84 Å². The van der Waals surface area contributed by atoms with Gasteiger partial charge in [0.1, 0.15) is 5.75 Å². The maximum Gasteiger partial charge on any atom is 0.397 e. The van der Waals surface area contributed by atoms with E-state index >= 15 is 0 Å². The zero-order valence-corrected chi connectivity index (χ0v) is 12.0. The van der Waals surface area contributed by atoms with Crippen molar-refractivity contribution in [2.24, 2.45) is 5.41 Å². The Hall–Kier alpha value is -1.68. The molecule has 0 spiro atoms. The van der Waals surface area contributed by atoms with Gasteiger partial charge in [-0.3, -0.25) is 0 Å². The Morgan fingerprint density at radius 3 is 2.42 bits per heavy atom. The summed E-state index contributed by atoms with van der Waals surface area (Å²) in [5.74, 6) is 0.524. The van der Waals surface area contributed by atoms with Crippen LogP contribution in [0.15, 0.2) is 36.7 Å². The number of aliphatic hydroxyl groups is 1. The van der Waals surface area contributed by atoms with E-state index in [0.29, 0.717) is 11.3 Å². The average molecular weight is 264 g/mol. The predicted octanol–water partition coefficient (Wildman–Crippen LogP) is 2.32. The Labute approximate surface area is 114 Å². The first-order chi connectivity index (χ1) is 8.77. The standard InChI is InChI=1S/C15H22NO3/c1-6-15(4,5)14(18)16-9-7-12(8-10-16)19-13(17)11(2)3/h7-10,13,17H,2,6H2,1,3-5H3/q+1. The topological polar surface area (TPSA) is 50.4 Å². The zero-order chi connectivity index (χ0) is 14.6. The van der Waals surface area contributed by atoms with Gasteiger partial charge in [-0.2, -0.15) is 0 Å². The number of carbonyl (C=O) groups excluding carboxylic acids is 1. The third-order valence-corrected chi connectivity index (χ3v) is 3.17. The molecule has 0 aromatic carbocycles. The van der Waals surface area contributed by atoms with E-state index in [2.05, 4.69) is 6.58 Å². The van der Waals surface area contributed by atoms with Crippen molar-refractivity contribution in [1.29, 1.82) is 0 Å². The molecular formula is C15H22NO3+. The summed E-state index contributed by atoms with van der Waals surface area (Å²) in [6.07, 6.45) is 3.02. The fourth-order valence-electron chi connectivity index (χ4n) is 1.36. The first-order valence-corrected chi connectivity index (χ1v) is 6.34. The molecule has 1 rings (SSSR count). The minimum absolute atomic E-state index is 0.0296. The van der Waals surface area contributed by atoms with Crippen molar-refractivity contribution in [3.05, 3.63) is 36.7 Å². The van der Waals surface area contributed by atoms with Crippen LogP contribution in [-0.2, 0) is 0 Å². The van der Waals surface area contributed by atoms with E-state index in [1.54, 1.807) is 31.5 Å². The van der Waals surface area contributed by atoms with Gasteiger partial charge in [0.05, 0.1) is 5.41 Å². The number of rotatable bonds is 5. The molecular weight excluding hydrogens is 242 g/mol. The van der Waals surface area contributed by atoms with Crippen molar-refractivity contribution in [2.45, 2.75) is 40.4 Å². The number of hydrogen-bond acceptors (Lipinski definition) is 3. The van der Waals surface area contributed by atoms with Gasteiger partial charge in [0, 0.05) is 12.1 Å². The summed E-state index contributed by atoms with van der Waals surface area (Å²) in [5, 5.41) is 9.53. The van der Waals surface area contributed by atoms with Crippen LogP contribution in [0.4, 0.5) is 0 Å². The lowest BCUT2D eigenvalue weighted by molar-refractivity contribution is -0.580. The van der Waals surface area contributed by atoms with E-state index in [9.17, 15) is 9.90 Å². The molecule has 0 aliphatic heterocycles. The number of nitrogens with zero attached hydrogens (tertiary/aromatic N) is 1. The molecule has 0 fully saturated rings. The van der Waals surface area contributed by atoms with Crippen molar-refractivity contribution in [1.82, 2.24) is 0 Å².